The van der Waals surface area contributed by atoms with E-state index in [4.69, 9.17) is 5.11 Å². The summed E-state index contributed by atoms with van der Waals surface area (Å²) in [5.74, 6) is -0.862. The van der Waals surface area contributed by atoms with Crippen LogP contribution >= 0.6 is 0 Å². The molecule has 18 heavy (non-hydrogen) atoms. The molecule has 0 radical (unpaired) electrons. The Kier molecular flexibility index (Phi) is 4.20. The van der Waals surface area contributed by atoms with Crippen LogP contribution in [-0.4, -0.2) is 5.11 Å². The fourth-order valence-electron chi connectivity index (χ4n) is 3.11. The van der Waals surface area contributed by atoms with Gasteiger partial charge in [0.2, 0.25) is 0 Å². The number of phenols is 1. The first kappa shape index (κ1) is 13.3. The standard InChI is InChI=1S/C15H20F2O/c1-2-3-10-4-6-11(7-5-10)15-13(16)8-12(18)9-14(15)17/h8-11,18H,2-7H2,1H3. The number of benzene rings is 1. The number of hydrogen-bond donors (Lipinski definition) is 1. The van der Waals surface area contributed by atoms with Crippen molar-refractivity contribution in [3.8, 4) is 5.75 Å². The van der Waals surface area contributed by atoms with Gasteiger partial charge in [-0.25, -0.2) is 8.78 Å². The molecule has 3 heteroatoms. The van der Waals surface area contributed by atoms with Gasteiger partial charge in [0.25, 0.3) is 0 Å². The molecule has 0 heterocycles. The highest BCUT2D eigenvalue weighted by Gasteiger charge is 2.26. The summed E-state index contributed by atoms with van der Waals surface area (Å²) in [6.07, 6.45) is 6.20. The molecule has 1 aromatic carbocycles. The predicted octanol–water partition coefficient (Wildman–Crippen LogP) is 4.74. The van der Waals surface area contributed by atoms with Crippen LogP contribution in [0, 0.1) is 17.6 Å². The Balaban J connectivity index is 2.10. The van der Waals surface area contributed by atoms with Gasteiger partial charge in [0.15, 0.2) is 0 Å². The first-order valence-electron chi connectivity index (χ1n) is 6.79. The maximum absolute atomic E-state index is 13.7. The second-order valence-electron chi connectivity index (χ2n) is 5.33. The summed E-state index contributed by atoms with van der Waals surface area (Å²) < 4.78 is 27.5. The summed E-state index contributed by atoms with van der Waals surface area (Å²) in [6, 6.07) is 2.02. The quantitative estimate of drug-likeness (QED) is 0.825. The lowest BCUT2D eigenvalue weighted by atomic mass is 9.77. The van der Waals surface area contributed by atoms with Crippen molar-refractivity contribution >= 4 is 0 Å². The fraction of sp³-hybridized carbons (Fsp3) is 0.600. The van der Waals surface area contributed by atoms with Gasteiger partial charge in [-0.15, -0.1) is 0 Å². The Morgan fingerprint density at radius 2 is 1.67 bits per heavy atom. The highest BCUT2D eigenvalue weighted by Crippen LogP contribution is 2.40. The van der Waals surface area contributed by atoms with Gasteiger partial charge in [-0.05, 0) is 37.5 Å². The second kappa shape index (κ2) is 5.68. The van der Waals surface area contributed by atoms with Crippen LogP contribution in [0.1, 0.15) is 56.9 Å². The van der Waals surface area contributed by atoms with Crippen LogP contribution in [0.15, 0.2) is 12.1 Å². The summed E-state index contributed by atoms with van der Waals surface area (Å²) in [6.45, 7) is 2.17. The number of rotatable bonds is 3. The largest absolute Gasteiger partial charge is 0.508 e. The summed E-state index contributed by atoms with van der Waals surface area (Å²) in [7, 11) is 0. The van der Waals surface area contributed by atoms with Crippen LogP contribution < -0.4 is 0 Å². The second-order valence-corrected chi connectivity index (χ2v) is 5.33. The number of phenolic OH excluding ortho intramolecular Hbond substituents is 1. The topological polar surface area (TPSA) is 20.2 Å². The molecule has 1 N–H and O–H groups in total. The van der Waals surface area contributed by atoms with Crippen LogP contribution in [-0.2, 0) is 0 Å². The minimum atomic E-state index is -0.605. The van der Waals surface area contributed by atoms with Crippen molar-refractivity contribution in [2.24, 2.45) is 5.92 Å². The maximum Gasteiger partial charge on any atom is 0.133 e. The zero-order valence-electron chi connectivity index (χ0n) is 10.8. The van der Waals surface area contributed by atoms with Crippen molar-refractivity contribution in [2.75, 3.05) is 0 Å². The van der Waals surface area contributed by atoms with Gasteiger partial charge in [0, 0.05) is 17.7 Å². The monoisotopic (exact) mass is 254 g/mol. The minimum Gasteiger partial charge on any atom is -0.508 e. The Labute approximate surface area is 107 Å². The van der Waals surface area contributed by atoms with E-state index in [-0.39, 0.29) is 17.2 Å². The molecule has 0 amide bonds. The van der Waals surface area contributed by atoms with Gasteiger partial charge in [0.05, 0.1) is 0 Å². The highest BCUT2D eigenvalue weighted by molar-refractivity contribution is 5.32. The van der Waals surface area contributed by atoms with Gasteiger partial charge in [-0.2, -0.15) is 0 Å². The van der Waals surface area contributed by atoms with E-state index in [1.807, 2.05) is 0 Å². The lowest BCUT2D eigenvalue weighted by molar-refractivity contribution is 0.299. The molecule has 1 nitrogen and oxygen atoms in total. The summed E-state index contributed by atoms with van der Waals surface area (Å²) in [5.41, 5.74) is 0.169. The average molecular weight is 254 g/mol. The van der Waals surface area contributed by atoms with Crippen molar-refractivity contribution in [2.45, 2.75) is 51.4 Å². The van der Waals surface area contributed by atoms with Crippen molar-refractivity contribution in [1.29, 1.82) is 0 Å². The summed E-state index contributed by atoms with van der Waals surface area (Å²) in [4.78, 5) is 0. The molecule has 1 aliphatic carbocycles. The molecule has 0 atom stereocenters. The maximum atomic E-state index is 13.7. The SMILES string of the molecule is CCCC1CCC(c2c(F)cc(O)cc2F)CC1. The summed E-state index contributed by atoms with van der Waals surface area (Å²) >= 11 is 0. The first-order chi connectivity index (χ1) is 8.61. The zero-order chi connectivity index (χ0) is 13.1. The Morgan fingerprint density at radius 3 is 2.17 bits per heavy atom. The molecule has 100 valence electrons. The van der Waals surface area contributed by atoms with Gasteiger partial charge in [-0.1, -0.05) is 19.8 Å². The average Bonchev–Trinajstić information content (AvgIpc) is 2.30. The van der Waals surface area contributed by atoms with Crippen molar-refractivity contribution in [3.05, 3.63) is 29.3 Å². The molecule has 1 saturated carbocycles. The predicted molar refractivity (Wildman–Crippen MR) is 67.6 cm³/mol. The van der Waals surface area contributed by atoms with Crippen LogP contribution in [0.4, 0.5) is 8.78 Å². The van der Waals surface area contributed by atoms with Crippen molar-refractivity contribution in [3.63, 3.8) is 0 Å². The smallest absolute Gasteiger partial charge is 0.133 e. The van der Waals surface area contributed by atoms with Crippen LogP contribution in [0.25, 0.3) is 0 Å². The third-order valence-corrected chi connectivity index (χ3v) is 4.02. The van der Waals surface area contributed by atoms with E-state index in [1.165, 1.54) is 12.8 Å². The van der Waals surface area contributed by atoms with Crippen molar-refractivity contribution in [1.82, 2.24) is 0 Å². The van der Waals surface area contributed by atoms with E-state index < -0.39 is 11.6 Å². The minimum absolute atomic E-state index is 0.0290. The van der Waals surface area contributed by atoms with E-state index in [0.29, 0.717) is 0 Å². The van der Waals surface area contributed by atoms with E-state index >= 15 is 0 Å². The molecule has 1 aliphatic rings. The van der Waals surface area contributed by atoms with E-state index in [2.05, 4.69) is 6.92 Å². The molecular formula is C15H20F2O. The molecular weight excluding hydrogens is 234 g/mol. The van der Waals surface area contributed by atoms with Crippen LogP contribution in [0.3, 0.4) is 0 Å². The molecule has 0 aromatic heterocycles. The lowest BCUT2D eigenvalue weighted by Gasteiger charge is -2.29. The van der Waals surface area contributed by atoms with Gasteiger partial charge >= 0.3 is 0 Å². The first-order valence-corrected chi connectivity index (χ1v) is 6.79. The third-order valence-electron chi connectivity index (χ3n) is 4.02. The molecule has 0 unspecified atom stereocenters. The summed E-state index contributed by atoms with van der Waals surface area (Å²) in [5, 5.41) is 9.15. The number of halogens is 2. The molecule has 2 rings (SSSR count). The number of hydrogen-bond acceptors (Lipinski definition) is 1. The molecule has 0 aliphatic heterocycles. The Hall–Kier alpha value is -1.12. The van der Waals surface area contributed by atoms with E-state index in [9.17, 15) is 8.78 Å². The zero-order valence-corrected chi connectivity index (χ0v) is 10.8. The highest BCUT2D eigenvalue weighted by atomic mass is 19.1. The fourth-order valence-corrected chi connectivity index (χ4v) is 3.11. The molecule has 1 aromatic rings. The van der Waals surface area contributed by atoms with Crippen molar-refractivity contribution < 1.29 is 13.9 Å². The third kappa shape index (κ3) is 2.82. The molecule has 1 fully saturated rings. The van der Waals surface area contributed by atoms with E-state index in [0.717, 1.165) is 43.7 Å². The van der Waals surface area contributed by atoms with Crippen LogP contribution in [0.5, 0.6) is 5.75 Å². The van der Waals surface area contributed by atoms with Crippen LogP contribution in [0.2, 0.25) is 0 Å². The number of aromatic hydroxyl groups is 1. The van der Waals surface area contributed by atoms with Gasteiger partial charge in [0.1, 0.15) is 17.4 Å². The molecule has 0 spiro atoms. The van der Waals surface area contributed by atoms with Gasteiger partial charge < -0.3 is 5.11 Å². The molecule has 0 saturated heterocycles. The molecule has 0 bridgehead atoms. The lowest BCUT2D eigenvalue weighted by Crippen LogP contribution is -2.15. The van der Waals surface area contributed by atoms with Gasteiger partial charge in [-0.3, -0.25) is 0 Å². The van der Waals surface area contributed by atoms with E-state index in [1.54, 1.807) is 0 Å². The Morgan fingerprint density at radius 1 is 1.11 bits per heavy atom. The normalized spacial score (nSPS) is 24.2. The Bertz CT molecular complexity index is 386.